The lowest BCUT2D eigenvalue weighted by atomic mass is 10.1. The molecule has 33 heavy (non-hydrogen) atoms. The molecule has 3 aromatic rings. The van der Waals surface area contributed by atoms with Crippen molar-refractivity contribution in [2.45, 2.75) is 11.7 Å². The topological polar surface area (TPSA) is 73.2 Å². The molecule has 1 heterocycles. The molecule has 1 fully saturated rings. The van der Waals surface area contributed by atoms with Gasteiger partial charge in [0.05, 0.1) is 5.25 Å². The van der Waals surface area contributed by atoms with Crippen LogP contribution >= 0.6 is 23.4 Å². The number of anilines is 2. The summed E-state index contributed by atoms with van der Waals surface area (Å²) in [5, 5.41) is 12.7. The molecule has 5 nitrogen and oxygen atoms in total. The van der Waals surface area contributed by atoms with Crippen molar-refractivity contribution < 1.29 is 14.0 Å². The molecule has 3 aromatic carbocycles. The van der Waals surface area contributed by atoms with E-state index in [9.17, 15) is 19.2 Å². The molecule has 1 aliphatic rings. The highest BCUT2D eigenvalue weighted by Gasteiger charge is 2.40. The van der Waals surface area contributed by atoms with Crippen LogP contribution < -0.4 is 10.2 Å². The molecule has 4 rings (SSSR count). The van der Waals surface area contributed by atoms with Crippen LogP contribution in [-0.2, 0) is 16.0 Å². The van der Waals surface area contributed by atoms with Crippen molar-refractivity contribution in [3.63, 3.8) is 0 Å². The minimum absolute atomic E-state index is 0.172. The van der Waals surface area contributed by atoms with Crippen molar-refractivity contribution in [2.75, 3.05) is 10.2 Å². The maximum absolute atomic E-state index is 13.4. The number of nitriles is 1. The second kappa shape index (κ2) is 9.90. The Balaban J connectivity index is 1.72. The van der Waals surface area contributed by atoms with Crippen LogP contribution in [-0.4, -0.2) is 17.1 Å². The molecule has 1 atom stereocenters. The first kappa shape index (κ1) is 22.6. The minimum Gasteiger partial charge on any atom is -0.321 e. The lowest BCUT2D eigenvalue weighted by molar-refractivity contribution is -0.117. The first-order valence-electron chi connectivity index (χ1n) is 9.97. The van der Waals surface area contributed by atoms with E-state index in [1.807, 2.05) is 12.1 Å². The van der Waals surface area contributed by atoms with E-state index < -0.39 is 11.2 Å². The van der Waals surface area contributed by atoms with Gasteiger partial charge in [0.15, 0.2) is 0 Å². The van der Waals surface area contributed by atoms with E-state index in [1.54, 1.807) is 60.7 Å². The molecule has 0 radical (unpaired) electrons. The standard InChI is InChI=1S/C25H17ClFN3O2S/c26-17-8-12-20(13-9-17)30-24(32)22(14-16-6-10-18(27)11-7-16)33-25(30)21(15-28)23(31)29-19-4-2-1-3-5-19/h1-13,22H,14H2,(H,29,31). The summed E-state index contributed by atoms with van der Waals surface area (Å²) in [7, 11) is 0. The molecule has 1 aliphatic heterocycles. The largest absolute Gasteiger partial charge is 0.321 e. The van der Waals surface area contributed by atoms with E-state index in [0.717, 1.165) is 17.3 Å². The summed E-state index contributed by atoms with van der Waals surface area (Å²) in [5.41, 5.74) is 1.63. The lowest BCUT2D eigenvalue weighted by Gasteiger charge is -2.18. The maximum Gasteiger partial charge on any atom is 0.269 e. The Morgan fingerprint density at radius 1 is 1.06 bits per heavy atom. The van der Waals surface area contributed by atoms with Gasteiger partial charge in [-0.2, -0.15) is 5.26 Å². The molecule has 0 bridgehead atoms. The number of thioether (sulfide) groups is 1. The Morgan fingerprint density at radius 3 is 2.36 bits per heavy atom. The highest BCUT2D eigenvalue weighted by atomic mass is 35.5. The van der Waals surface area contributed by atoms with Gasteiger partial charge in [0.2, 0.25) is 5.91 Å². The molecule has 1 N–H and O–H groups in total. The van der Waals surface area contributed by atoms with Gasteiger partial charge in [0, 0.05) is 16.4 Å². The van der Waals surface area contributed by atoms with Gasteiger partial charge < -0.3 is 5.32 Å². The Morgan fingerprint density at radius 2 is 1.73 bits per heavy atom. The number of halogens is 2. The fourth-order valence-corrected chi connectivity index (χ4v) is 4.80. The third-order valence-corrected chi connectivity index (χ3v) is 6.47. The van der Waals surface area contributed by atoms with Gasteiger partial charge in [-0.1, -0.05) is 53.7 Å². The average molecular weight is 478 g/mol. The summed E-state index contributed by atoms with van der Waals surface area (Å²) in [6.45, 7) is 0. The molecule has 164 valence electrons. The highest BCUT2D eigenvalue weighted by molar-refractivity contribution is 8.05. The molecule has 0 aliphatic carbocycles. The molecule has 0 aromatic heterocycles. The molecule has 0 saturated carbocycles. The van der Waals surface area contributed by atoms with E-state index >= 15 is 0 Å². The quantitative estimate of drug-likeness (QED) is 0.386. The number of rotatable bonds is 5. The Hall–Kier alpha value is -3.60. The second-order valence-electron chi connectivity index (χ2n) is 7.20. The van der Waals surface area contributed by atoms with Crippen LogP contribution in [0.1, 0.15) is 5.56 Å². The van der Waals surface area contributed by atoms with E-state index in [1.165, 1.54) is 17.0 Å². The molecular formula is C25H17ClFN3O2S. The number of nitrogens with one attached hydrogen (secondary N) is 1. The zero-order chi connectivity index (χ0) is 23.4. The smallest absolute Gasteiger partial charge is 0.269 e. The Labute approximate surface area is 199 Å². The van der Waals surface area contributed by atoms with E-state index in [0.29, 0.717) is 22.8 Å². The predicted molar refractivity (Wildman–Crippen MR) is 128 cm³/mol. The molecule has 0 spiro atoms. The fraction of sp³-hybridized carbons (Fsp3) is 0.0800. The second-order valence-corrected chi connectivity index (χ2v) is 8.83. The summed E-state index contributed by atoms with van der Waals surface area (Å²) in [6, 6.07) is 23.2. The highest BCUT2D eigenvalue weighted by Crippen LogP contribution is 2.42. The third kappa shape index (κ3) is 5.08. The monoisotopic (exact) mass is 477 g/mol. The first-order valence-corrected chi connectivity index (χ1v) is 11.2. The van der Waals surface area contributed by atoms with Crippen LogP contribution in [0.2, 0.25) is 5.02 Å². The number of para-hydroxylation sites is 1. The van der Waals surface area contributed by atoms with Crippen LogP contribution in [0.3, 0.4) is 0 Å². The predicted octanol–water partition coefficient (Wildman–Crippen LogP) is 5.54. The van der Waals surface area contributed by atoms with Gasteiger partial charge in [0.25, 0.3) is 5.91 Å². The summed E-state index contributed by atoms with van der Waals surface area (Å²) in [4.78, 5) is 27.7. The maximum atomic E-state index is 13.4. The third-order valence-electron chi connectivity index (χ3n) is 4.96. The summed E-state index contributed by atoms with van der Waals surface area (Å²) in [6.07, 6.45) is 0.316. The minimum atomic E-state index is -0.611. The number of benzene rings is 3. The number of amides is 2. The number of carbonyl (C=O) groups excluding carboxylic acids is 2. The number of nitrogens with zero attached hydrogens (tertiary/aromatic N) is 2. The van der Waals surface area contributed by atoms with E-state index in [4.69, 9.17) is 11.6 Å². The Bertz CT molecular complexity index is 1260. The average Bonchev–Trinajstić information content (AvgIpc) is 3.12. The van der Waals surface area contributed by atoms with Crippen LogP contribution in [0.4, 0.5) is 15.8 Å². The van der Waals surface area contributed by atoms with Gasteiger partial charge in [-0.15, -0.1) is 0 Å². The first-order chi connectivity index (χ1) is 16.0. The van der Waals surface area contributed by atoms with E-state index in [-0.39, 0.29) is 22.3 Å². The van der Waals surface area contributed by atoms with Crippen LogP contribution in [0.15, 0.2) is 89.5 Å². The number of carbonyl (C=O) groups is 2. The zero-order valence-corrected chi connectivity index (χ0v) is 18.7. The normalized spacial score (nSPS) is 16.9. The Kier molecular flexibility index (Phi) is 6.78. The van der Waals surface area contributed by atoms with Crippen molar-refractivity contribution in [3.05, 3.63) is 106 Å². The van der Waals surface area contributed by atoms with Crippen molar-refractivity contribution in [3.8, 4) is 6.07 Å². The molecule has 1 saturated heterocycles. The van der Waals surface area contributed by atoms with Crippen molar-refractivity contribution in [2.24, 2.45) is 0 Å². The SMILES string of the molecule is N#CC(C(=O)Nc1ccccc1)=C1SC(Cc2ccc(F)cc2)C(=O)N1c1ccc(Cl)cc1. The van der Waals surface area contributed by atoms with Crippen LogP contribution in [0.5, 0.6) is 0 Å². The van der Waals surface area contributed by atoms with Gasteiger partial charge >= 0.3 is 0 Å². The molecule has 8 heteroatoms. The van der Waals surface area contributed by atoms with Crippen LogP contribution in [0, 0.1) is 17.1 Å². The molecular weight excluding hydrogens is 461 g/mol. The van der Waals surface area contributed by atoms with Gasteiger partial charge in [-0.05, 0) is 60.5 Å². The van der Waals surface area contributed by atoms with E-state index in [2.05, 4.69) is 5.32 Å². The van der Waals surface area contributed by atoms with Gasteiger partial charge in [0.1, 0.15) is 22.5 Å². The van der Waals surface area contributed by atoms with Gasteiger partial charge in [-0.3, -0.25) is 14.5 Å². The number of hydrogen-bond acceptors (Lipinski definition) is 4. The number of hydrogen-bond donors (Lipinski definition) is 1. The zero-order valence-electron chi connectivity index (χ0n) is 17.2. The van der Waals surface area contributed by atoms with Crippen LogP contribution in [0.25, 0.3) is 0 Å². The molecule has 1 unspecified atom stereocenters. The van der Waals surface area contributed by atoms with Crippen molar-refractivity contribution in [1.82, 2.24) is 0 Å². The summed E-state index contributed by atoms with van der Waals surface area (Å²) >= 11 is 7.15. The molecule has 2 amide bonds. The lowest BCUT2D eigenvalue weighted by Crippen LogP contribution is -2.30. The van der Waals surface area contributed by atoms with Gasteiger partial charge in [-0.25, -0.2) is 4.39 Å². The summed E-state index contributed by atoms with van der Waals surface area (Å²) < 4.78 is 13.3. The fourth-order valence-electron chi connectivity index (χ4n) is 3.36. The summed E-state index contributed by atoms with van der Waals surface area (Å²) in [5.74, 6) is -1.25. The van der Waals surface area contributed by atoms with Crippen molar-refractivity contribution in [1.29, 1.82) is 5.26 Å². The van der Waals surface area contributed by atoms with Crippen molar-refractivity contribution >= 4 is 46.6 Å².